The summed E-state index contributed by atoms with van der Waals surface area (Å²) in [6, 6.07) is 0. The molecule has 2 rings (SSSR count). The molecule has 3 atom stereocenters. The highest BCUT2D eigenvalue weighted by Gasteiger charge is 2.70. The maximum absolute atomic E-state index is 12.4. The monoisotopic (exact) mass is 268 g/mol. The Morgan fingerprint density at radius 2 is 1.89 bits per heavy atom. The average molecular weight is 268 g/mol. The standard InChI is InChI=1S/C14H20O5/c1-9(15)10-8-11(16)13(12(17)19-2)6-4-3-5-7-14(10,13)18/h10,18H,3-8H2,1-2H3/t10-,13-,14+/m1/s1. The number of fused-ring (bicyclic) bond motifs is 1. The van der Waals surface area contributed by atoms with E-state index < -0.39 is 22.9 Å². The Labute approximate surface area is 112 Å². The van der Waals surface area contributed by atoms with Crippen LogP contribution in [0, 0.1) is 11.3 Å². The summed E-state index contributed by atoms with van der Waals surface area (Å²) in [5.74, 6) is -2.05. The molecule has 1 N–H and O–H groups in total. The van der Waals surface area contributed by atoms with E-state index in [9.17, 15) is 19.5 Å². The van der Waals surface area contributed by atoms with Crippen molar-refractivity contribution in [3.63, 3.8) is 0 Å². The molecule has 0 aromatic rings. The Kier molecular flexibility index (Phi) is 3.51. The minimum atomic E-state index is -1.57. The van der Waals surface area contributed by atoms with E-state index >= 15 is 0 Å². The van der Waals surface area contributed by atoms with Gasteiger partial charge in [0.05, 0.1) is 18.6 Å². The molecule has 5 heteroatoms. The predicted octanol–water partition coefficient (Wildman–Crippen LogP) is 1.02. The zero-order chi connectivity index (χ0) is 14.3. The van der Waals surface area contributed by atoms with Crippen LogP contribution in [0.5, 0.6) is 0 Å². The van der Waals surface area contributed by atoms with Crippen LogP contribution >= 0.6 is 0 Å². The molecule has 2 aliphatic carbocycles. The van der Waals surface area contributed by atoms with Crippen molar-refractivity contribution in [1.82, 2.24) is 0 Å². The molecule has 0 aromatic heterocycles. The SMILES string of the molecule is COC(=O)[C@]12CCCCC[C@]1(O)[C@@H](C(C)=O)CC2=O. The first-order valence-electron chi connectivity index (χ1n) is 6.74. The van der Waals surface area contributed by atoms with Gasteiger partial charge in [-0.25, -0.2) is 0 Å². The molecule has 2 aliphatic rings. The fourth-order valence-corrected chi connectivity index (χ4v) is 3.82. The number of carbonyl (C=O) groups is 3. The van der Waals surface area contributed by atoms with Crippen molar-refractivity contribution in [2.75, 3.05) is 7.11 Å². The second kappa shape index (κ2) is 4.71. The Morgan fingerprint density at radius 3 is 2.47 bits per heavy atom. The van der Waals surface area contributed by atoms with Crippen molar-refractivity contribution in [2.24, 2.45) is 11.3 Å². The number of ketones is 2. The molecule has 2 fully saturated rings. The summed E-state index contributed by atoms with van der Waals surface area (Å²) >= 11 is 0. The fourth-order valence-electron chi connectivity index (χ4n) is 3.82. The molecule has 5 nitrogen and oxygen atoms in total. The van der Waals surface area contributed by atoms with Crippen molar-refractivity contribution < 1.29 is 24.2 Å². The molecule has 0 bridgehead atoms. The van der Waals surface area contributed by atoms with E-state index in [1.54, 1.807) is 0 Å². The van der Waals surface area contributed by atoms with Gasteiger partial charge in [0.15, 0.2) is 11.2 Å². The first-order valence-corrected chi connectivity index (χ1v) is 6.74. The van der Waals surface area contributed by atoms with Crippen molar-refractivity contribution in [3.05, 3.63) is 0 Å². The number of hydrogen-bond donors (Lipinski definition) is 1. The Bertz CT molecular complexity index is 430. The molecule has 0 saturated heterocycles. The summed E-state index contributed by atoms with van der Waals surface area (Å²) in [5, 5.41) is 11.0. The van der Waals surface area contributed by atoms with Crippen LogP contribution in [0.3, 0.4) is 0 Å². The Hall–Kier alpha value is -1.23. The van der Waals surface area contributed by atoms with E-state index in [4.69, 9.17) is 4.74 Å². The van der Waals surface area contributed by atoms with Crippen molar-refractivity contribution >= 4 is 17.5 Å². The fraction of sp³-hybridized carbons (Fsp3) is 0.786. The Morgan fingerprint density at radius 1 is 1.26 bits per heavy atom. The number of esters is 1. The highest BCUT2D eigenvalue weighted by atomic mass is 16.5. The quantitative estimate of drug-likeness (QED) is 0.597. The third kappa shape index (κ3) is 1.75. The third-order valence-electron chi connectivity index (χ3n) is 4.82. The van der Waals surface area contributed by atoms with Crippen molar-refractivity contribution in [3.8, 4) is 0 Å². The lowest BCUT2D eigenvalue weighted by atomic mass is 9.67. The zero-order valence-corrected chi connectivity index (χ0v) is 11.4. The lowest BCUT2D eigenvalue weighted by Crippen LogP contribution is -2.56. The number of carbonyl (C=O) groups excluding carboxylic acids is 3. The van der Waals surface area contributed by atoms with Gasteiger partial charge >= 0.3 is 5.97 Å². The highest BCUT2D eigenvalue weighted by Crippen LogP contribution is 2.55. The van der Waals surface area contributed by atoms with Gasteiger partial charge in [0.25, 0.3) is 0 Å². The smallest absolute Gasteiger partial charge is 0.322 e. The number of rotatable bonds is 2. The summed E-state index contributed by atoms with van der Waals surface area (Å²) in [4.78, 5) is 36.3. The average Bonchev–Trinajstić information content (AvgIpc) is 2.51. The summed E-state index contributed by atoms with van der Waals surface area (Å²) in [6.45, 7) is 1.37. The minimum absolute atomic E-state index is 0.0546. The van der Waals surface area contributed by atoms with Gasteiger partial charge in [-0.2, -0.15) is 0 Å². The largest absolute Gasteiger partial charge is 0.468 e. The highest BCUT2D eigenvalue weighted by molar-refractivity contribution is 6.10. The van der Waals surface area contributed by atoms with Gasteiger partial charge in [-0.1, -0.05) is 19.3 Å². The molecule has 2 saturated carbocycles. The first kappa shape index (κ1) is 14.2. The molecule has 0 unspecified atom stereocenters. The third-order valence-corrected chi connectivity index (χ3v) is 4.82. The minimum Gasteiger partial charge on any atom is -0.468 e. The second-order valence-corrected chi connectivity index (χ2v) is 5.67. The number of hydrogen-bond acceptors (Lipinski definition) is 5. The molecular weight excluding hydrogens is 248 g/mol. The van der Waals surface area contributed by atoms with Gasteiger partial charge < -0.3 is 9.84 Å². The van der Waals surface area contributed by atoms with Crippen LogP contribution in [0.25, 0.3) is 0 Å². The normalized spacial score (nSPS) is 38.5. The second-order valence-electron chi connectivity index (χ2n) is 5.67. The van der Waals surface area contributed by atoms with Crippen LogP contribution in [-0.4, -0.2) is 35.4 Å². The lowest BCUT2D eigenvalue weighted by molar-refractivity contribution is -0.177. The maximum Gasteiger partial charge on any atom is 0.322 e. The van der Waals surface area contributed by atoms with E-state index in [0.29, 0.717) is 19.3 Å². The predicted molar refractivity (Wildman–Crippen MR) is 66.3 cm³/mol. The van der Waals surface area contributed by atoms with E-state index in [0.717, 1.165) is 6.42 Å². The number of Topliss-reactive ketones (excluding diaryl/α,β-unsaturated/α-hetero) is 2. The van der Waals surface area contributed by atoms with Crippen LogP contribution in [0.15, 0.2) is 0 Å². The molecule has 19 heavy (non-hydrogen) atoms. The van der Waals surface area contributed by atoms with Crippen LogP contribution < -0.4 is 0 Å². The van der Waals surface area contributed by atoms with Gasteiger partial charge in [-0.05, 0) is 19.8 Å². The van der Waals surface area contributed by atoms with Crippen molar-refractivity contribution in [2.45, 2.75) is 51.0 Å². The lowest BCUT2D eigenvalue weighted by Gasteiger charge is -2.39. The van der Waals surface area contributed by atoms with Crippen molar-refractivity contribution in [1.29, 1.82) is 0 Å². The van der Waals surface area contributed by atoms with Crippen LogP contribution in [-0.2, 0) is 19.1 Å². The molecule has 0 aliphatic heterocycles. The molecule has 0 spiro atoms. The molecule has 0 amide bonds. The van der Waals surface area contributed by atoms with E-state index in [-0.39, 0.29) is 24.4 Å². The van der Waals surface area contributed by atoms with Gasteiger partial charge in [0.2, 0.25) is 0 Å². The maximum atomic E-state index is 12.4. The number of methoxy groups -OCH3 is 1. The molecule has 0 heterocycles. The number of aliphatic hydroxyl groups is 1. The van der Waals surface area contributed by atoms with Gasteiger partial charge in [-0.3, -0.25) is 14.4 Å². The van der Waals surface area contributed by atoms with Gasteiger partial charge in [0.1, 0.15) is 5.78 Å². The summed E-state index contributed by atoms with van der Waals surface area (Å²) in [6.07, 6.45) is 2.77. The summed E-state index contributed by atoms with van der Waals surface area (Å²) in [5.41, 5.74) is -3.10. The zero-order valence-electron chi connectivity index (χ0n) is 11.4. The van der Waals surface area contributed by atoms with Gasteiger partial charge in [-0.15, -0.1) is 0 Å². The van der Waals surface area contributed by atoms with E-state index in [1.807, 2.05) is 0 Å². The molecular formula is C14H20O5. The number of ether oxygens (including phenoxy) is 1. The van der Waals surface area contributed by atoms with E-state index in [2.05, 4.69) is 0 Å². The topological polar surface area (TPSA) is 80.7 Å². The van der Waals surface area contributed by atoms with E-state index in [1.165, 1.54) is 14.0 Å². The van der Waals surface area contributed by atoms with Crippen LogP contribution in [0.2, 0.25) is 0 Å². The molecule has 106 valence electrons. The van der Waals surface area contributed by atoms with Crippen LogP contribution in [0.1, 0.15) is 45.4 Å². The first-order chi connectivity index (χ1) is 8.90. The van der Waals surface area contributed by atoms with Gasteiger partial charge in [0, 0.05) is 6.42 Å². The summed E-state index contributed by atoms with van der Waals surface area (Å²) in [7, 11) is 1.22. The Balaban J connectivity index is 2.57. The summed E-state index contributed by atoms with van der Waals surface area (Å²) < 4.78 is 4.78. The molecule has 0 radical (unpaired) electrons. The molecule has 0 aromatic carbocycles. The van der Waals surface area contributed by atoms with Crippen LogP contribution in [0.4, 0.5) is 0 Å².